The summed E-state index contributed by atoms with van der Waals surface area (Å²) in [5, 5.41) is 14.4. The van der Waals surface area contributed by atoms with Crippen LogP contribution in [0, 0.1) is 18.6 Å². The van der Waals surface area contributed by atoms with Gasteiger partial charge in [0.05, 0.1) is 11.0 Å². The number of hydrogen-bond acceptors (Lipinski definition) is 5. The molecule has 10 heteroatoms. The Morgan fingerprint density at radius 2 is 1.74 bits per heavy atom. The number of anilines is 1. The number of amides is 1. The van der Waals surface area contributed by atoms with E-state index in [1.807, 2.05) is 0 Å². The summed E-state index contributed by atoms with van der Waals surface area (Å²) in [7, 11) is 0. The fraction of sp³-hybridized carbons (Fsp3) is 0.125. The molecule has 34 heavy (non-hydrogen) atoms. The van der Waals surface area contributed by atoms with E-state index < -0.39 is 6.04 Å². The van der Waals surface area contributed by atoms with Gasteiger partial charge in [-0.15, -0.1) is 5.10 Å². The third-order valence-electron chi connectivity index (χ3n) is 5.46. The Morgan fingerprint density at radius 3 is 2.41 bits per heavy atom. The van der Waals surface area contributed by atoms with Crippen LogP contribution in [-0.4, -0.2) is 36.1 Å². The number of H-pyrrole nitrogens is 1. The molecule has 5 aromatic rings. The van der Waals surface area contributed by atoms with Crippen LogP contribution in [0.4, 0.5) is 14.5 Å². The number of benzene rings is 3. The molecule has 0 saturated carbocycles. The van der Waals surface area contributed by atoms with Gasteiger partial charge in [-0.1, -0.05) is 12.1 Å². The number of aromatic nitrogens is 6. The molecule has 0 aliphatic carbocycles. The number of halogens is 2. The van der Waals surface area contributed by atoms with E-state index in [0.717, 1.165) is 11.1 Å². The smallest absolute Gasteiger partial charge is 0.249 e. The minimum atomic E-state index is -0.743. The van der Waals surface area contributed by atoms with E-state index in [1.165, 1.54) is 28.9 Å². The van der Waals surface area contributed by atoms with Crippen molar-refractivity contribution in [1.82, 2.24) is 30.2 Å². The van der Waals surface area contributed by atoms with Crippen molar-refractivity contribution in [3.63, 3.8) is 0 Å². The van der Waals surface area contributed by atoms with Crippen LogP contribution in [-0.2, 0) is 11.2 Å². The highest BCUT2D eigenvalue weighted by atomic mass is 19.1. The Morgan fingerprint density at radius 1 is 1.03 bits per heavy atom. The maximum Gasteiger partial charge on any atom is 0.249 e. The predicted octanol–water partition coefficient (Wildman–Crippen LogP) is 4.23. The molecule has 3 aromatic carbocycles. The molecule has 0 saturated heterocycles. The van der Waals surface area contributed by atoms with Crippen molar-refractivity contribution in [3.8, 4) is 11.4 Å². The molecule has 1 amide bonds. The summed E-state index contributed by atoms with van der Waals surface area (Å²) >= 11 is 0. The van der Waals surface area contributed by atoms with Gasteiger partial charge in [0.1, 0.15) is 29.3 Å². The van der Waals surface area contributed by atoms with Crippen LogP contribution in [0.1, 0.15) is 17.4 Å². The van der Waals surface area contributed by atoms with E-state index in [4.69, 9.17) is 0 Å². The van der Waals surface area contributed by atoms with Gasteiger partial charge in [0, 0.05) is 17.7 Å². The minimum Gasteiger partial charge on any atom is -0.338 e. The van der Waals surface area contributed by atoms with Gasteiger partial charge in [0.15, 0.2) is 0 Å². The molecule has 2 aromatic heterocycles. The van der Waals surface area contributed by atoms with Crippen molar-refractivity contribution in [1.29, 1.82) is 0 Å². The first kappa shape index (κ1) is 21.4. The lowest BCUT2D eigenvalue weighted by Crippen LogP contribution is -2.29. The Labute approximate surface area is 192 Å². The second kappa shape index (κ2) is 8.81. The van der Waals surface area contributed by atoms with E-state index in [9.17, 15) is 13.6 Å². The molecule has 5 rings (SSSR count). The number of tetrazole rings is 1. The van der Waals surface area contributed by atoms with Crippen LogP contribution in [0.2, 0.25) is 0 Å². The Hall–Kier alpha value is -4.47. The van der Waals surface area contributed by atoms with Gasteiger partial charge >= 0.3 is 0 Å². The molecular formula is C24H19F2N7O. The van der Waals surface area contributed by atoms with Crippen LogP contribution in [0.5, 0.6) is 0 Å². The molecule has 0 bridgehead atoms. The van der Waals surface area contributed by atoms with Crippen LogP contribution < -0.4 is 5.32 Å². The summed E-state index contributed by atoms with van der Waals surface area (Å²) in [6.45, 7) is 1.71. The zero-order valence-electron chi connectivity index (χ0n) is 18.0. The Bertz CT molecular complexity index is 1460. The normalized spacial score (nSPS) is 12.1. The number of aryl methyl sites for hydroxylation is 1. The molecule has 0 radical (unpaired) electrons. The number of aromatic amines is 1. The van der Waals surface area contributed by atoms with E-state index in [2.05, 4.69) is 30.8 Å². The van der Waals surface area contributed by atoms with Crippen molar-refractivity contribution < 1.29 is 13.6 Å². The first-order valence-corrected chi connectivity index (χ1v) is 10.5. The minimum absolute atomic E-state index is 0.277. The maximum atomic E-state index is 13.3. The zero-order valence-corrected chi connectivity index (χ0v) is 18.0. The highest BCUT2D eigenvalue weighted by molar-refractivity contribution is 5.96. The Balaban J connectivity index is 1.41. The summed E-state index contributed by atoms with van der Waals surface area (Å²) in [4.78, 5) is 21.0. The van der Waals surface area contributed by atoms with E-state index in [0.29, 0.717) is 28.4 Å². The highest BCUT2D eigenvalue weighted by Crippen LogP contribution is 2.24. The second-order valence-electron chi connectivity index (χ2n) is 7.83. The lowest BCUT2D eigenvalue weighted by molar-refractivity contribution is -0.119. The quantitative estimate of drug-likeness (QED) is 0.396. The number of hydrogen-bond donors (Lipinski definition) is 2. The Kier molecular flexibility index (Phi) is 5.54. The van der Waals surface area contributed by atoms with Crippen molar-refractivity contribution in [2.24, 2.45) is 0 Å². The van der Waals surface area contributed by atoms with Gasteiger partial charge in [-0.05, 0) is 77.5 Å². The van der Waals surface area contributed by atoms with Gasteiger partial charge in [0.25, 0.3) is 0 Å². The molecule has 2 N–H and O–H groups in total. The fourth-order valence-electron chi connectivity index (χ4n) is 3.72. The summed E-state index contributed by atoms with van der Waals surface area (Å²) < 4.78 is 28.0. The number of nitrogens with zero attached hydrogens (tertiary/aromatic N) is 5. The first-order chi connectivity index (χ1) is 16.5. The van der Waals surface area contributed by atoms with Crippen LogP contribution in [0.3, 0.4) is 0 Å². The predicted molar refractivity (Wildman–Crippen MR) is 122 cm³/mol. The lowest BCUT2D eigenvalue weighted by atomic mass is 10.0. The molecule has 1 atom stereocenters. The topological polar surface area (TPSA) is 101 Å². The lowest BCUT2D eigenvalue weighted by Gasteiger charge is -2.17. The number of rotatable bonds is 6. The van der Waals surface area contributed by atoms with Crippen molar-refractivity contribution in [3.05, 3.63) is 89.8 Å². The summed E-state index contributed by atoms with van der Waals surface area (Å²) in [5.74, 6) is 0.0821. The average molecular weight is 459 g/mol. The first-order valence-electron chi connectivity index (χ1n) is 10.5. The average Bonchev–Trinajstić information content (AvgIpc) is 3.45. The molecule has 0 aliphatic heterocycles. The van der Waals surface area contributed by atoms with E-state index >= 15 is 0 Å². The van der Waals surface area contributed by atoms with Gasteiger partial charge < -0.3 is 10.3 Å². The largest absolute Gasteiger partial charge is 0.338 e. The molecule has 170 valence electrons. The SMILES string of the molecule is Cc1nnnn1C(Cc1ccc(F)cc1)C(=O)Nc1ccc2nc(-c3ccc(F)cc3)[nH]c2c1. The molecule has 2 heterocycles. The van der Waals surface area contributed by atoms with Crippen LogP contribution >= 0.6 is 0 Å². The van der Waals surface area contributed by atoms with Gasteiger partial charge in [-0.2, -0.15) is 0 Å². The summed E-state index contributed by atoms with van der Waals surface area (Å²) in [6.07, 6.45) is 0.277. The van der Waals surface area contributed by atoms with Crippen molar-refractivity contribution in [2.75, 3.05) is 5.32 Å². The highest BCUT2D eigenvalue weighted by Gasteiger charge is 2.24. The molecule has 8 nitrogen and oxygen atoms in total. The zero-order chi connectivity index (χ0) is 23.7. The third-order valence-corrected chi connectivity index (χ3v) is 5.46. The van der Waals surface area contributed by atoms with Crippen LogP contribution in [0.25, 0.3) is 22.4 Å². The molecule has 0 spiro atoms. The van der Waals surface area contributed by atoms with Gasteiger partial charge in [-0.25, -0.2) is 18.4 Å². The maximum absolute atomic E-state index is 13.3. The number of fused-ring (bicyclic) bond motifs is 1. The standard InChI is InChI=1S/C24H19F2N7O/c1-14-30-31-32-33(14)22(12-15-2-6-17(25)7-3-15)24(34)27-19-10-11-20-21(13-19)29-23(28-20)16-4-8-18(26)9-5-16/h2-11,13,22H,12H2,1H3,(H,27,34)(H,28,29). The second-order valence-corrected chi connectivity index (χ2v) is 7.83. The number of carbonyl (C=O) groups is 1. The van der Waals surface area contributed by atoms with Gasteiger partial charge in [0.2, 0.25) is 5.91 Å². The molecule has 1 unspecified atom stereocenters. The van der Waals surface area contributed by atoms with Crippen molar-refractivity contribution in [2.45, 2.75) is 19.4 Å². The van der Waals surface area contributed by atoms with E-state index in [1.54, 1.807) is 49.4 Å². The monoisotopic (exact) mass is 459 g/mol. The number of imidazole rings is 1. The van der Waals surface area contributed by atoms with Crippen LogP contribution in [0.15, 0.2) is 66.7 Å². The van der Waals surface area contributed by atoms with Gasteiger partial charge in [-0.3, -0.25) is 4.79 Å². The molecule has 0 fully saturated rings. The molecular weight excluding hydrogens is 440 g/mol. The third kappa shape index (κ3) is 4.38. The fourth-order valence-corrected chi connectivity index (χ4v) is 3.72. The molecule has 0 aliphatic rings. The summed E-state index contributed by atoms with van der Waals surface area (Å²) in [5.41, 5.74) is 3.49. The van der Waals surface area contributed by atoms with Crippen molar-refractivity contribution >= 4 is 22.6 Å². The number of nitrogens with one attached hydrogen (secondary N) is 2. The number of carbonyl (C=O) groups excluding carboxylic acids is 1. The van der Waals surface area contributed by atoms with E-state index in [-0.39, 0.29) is 24.0 Å². The summed E-state index contributed by atoms with van der Waals surface area (Å²) in [6, 6.07) is 16.5.